The van der Waals surface area contributed by atoms with Gasteiger partial charge in [0.15, 0.2) is 11.5 Å². The van der Waals surface area contributed by atoms with Crippen LogP contribution in [0.5, 0.6) is 11.5 Å². The van der Waals surface area contributed by atoms with E-state index in [0.717, 1.165) is 37.5 Å². The van der Waals surface area contributed by atoms with Crippen molar-refractivity contribution in [3.63, 3.8) is 0 Å². The smallest absolute Gasteiger partial charge is 0.162 e. The highest BCUT2D eigenvalue weighted by atomic mass is 16.6. The predicted octanol–water partition coefficient (Wildman–Crippen LogP) is 2.46. The van der Waals surface area contributed by atoms with Gasteiger partial charge >= 0.3 is 0 Å². The van der Waals surface area contributed by atoms with E-state index < -0.39 is 0 Å². The summed E-state index contributed by atoms with van der Waals surface area (Å²) in [6.07, 6.45) is 3.46. The number of methoxy groups -OCH3 is 1. The van der Waals surface area contributed by atoms with Gasteiger partial charge in [-0.2, -0.15) is 0 Å². The second-order valence-electron chi connectivity index (χ2n) is 5.83. The van der Waals surface area contributed by atoms with Crippen molar-refractivity contribution < 1.29 is 14.2 Å². The van der Waals surface area contributed by atoms with Crippen LogP contribution in [0.4, 0.5) is 0 Å². The van der Waals surface area contributed by atoms with Crippen molar-refractivity contribution in [3.05, 3.63) is 23.8 Å². The van der Waals surface area contributed by atoms with Crippen molar-refractivity contribution in [2.75, 3.05) is 26.9 Å². The molecular formula is C16H23NO3. The summed E-state index contributed by atoms with van der Waals surface area (Å²) in [5.41, 5.74) is 1.32. The molecule has 0 aliphatic carbocycles. The van der Waals surface area contributed by atoms with E-state index >= 15 is 0 Å². The molecule has 0 amide bonds. The average Bonchev–Trinajstić information content (AvgIpc) is 3.11. The molecule has 1 aromatic carbocycles. The molecule has 110 valence electrons. The van der Waals surface area contributed by atoms with E-state index in [1.807, 2.05) is 6.07 Å². The topological polar surface area (TPSA) is 39.7 Å². The summed E-state index contributed by atoms with van der Waals surface area (Å²) in [5, 5.41) is 3.59. The summed E-state index contributed by atoms with van der Waals surface area (Å²) >= 11 is 0. The number of ether oxygens (including phenoxy) is 3. The van der Waals surface area contributed by atoms with Crippen LogP contribution in [0.15, 0.2) is 18.2 Å². The first-order chi connectivity index (χ1) is 9.71. The van der Waals surface area contributed by atoms with Crippen LogP contribution in [0, 0.1) is 0 Å². The number of hydrogen-bond donors (Lipinski definition) is 1. The fraction of sp³-hybridized carbons (Fsp3) is 0.625. The lowest BCUT2D eigenvalue weighted by molar-refractivity contribution is 0.138. The second-order valence-corrected chi connectivity index (χ2v) is 5.83. The highest BCUT2D eigenvalue weighted by molar-refractivity contribution is 5.45. The predicted molar refractivity (Wildman–Crippen MR) is 77.4 cm³/mol. The molecule has 1 aromatic rings. The summed E-state index contributed by atoms with van der Waals surface area (Å²) in [4.78, 5) is 0. The Morgan fingerprint density at radius 3 is 2.90 bits per heavy atom. The first-order valence-corrected chi connectivity index (χ1v) is 7.39. The molecular weight excluding hydrogens is 254 g/mol. The maximum absolute atomic E-state index is 6.06. The Hall–Kier alpha value is -1.26. The van der Waals surface area contributed by atoms with E-state index in [1.54, 1.807) is 7.11 Å². The molecule has 0 saturated carbocycles. The summed E-state index contributed by atoms with van der Waals surface area (Å²) in [6, 6.07) is 6.26. The maximum Gasteiger partial charge on any atom is 0.162 e. The molecule has 2 fully saturated rings. The SMILES string of the molecule is COc1ccc(C2(C)CCCN2)cc1OC1CCOC1. The van der Waals surface area contributed by atoms with Crippen molar-refractivity contribution in [3.8, 4) is 11.5 Å². The van der Waals surface area contributed by atoms with Gasteiger partial charge in [0.1, 0.15) is 6.10 Å². The van der Waals surface area contributed by atoms with Gasteiger partial charge in [-0.1, -0.05) is 6.07 Å². The molecule has 2 heterocycles. The zero-order valence-corrected chi connectivity index (χ0v) is 12.3. The van der Waals surface area contributed by atoms with Gasteiger partial charge in [0.05, 0.1) is 20.3 Å². The molecule has 2 aliphatic rings. The lowest BCUT2D eigenvalue weighted by Crippen LogP contribution is -2.33. The van der Waals surface area contributed by atoms with Gasteiger partial charge in [0.25, 0.3) is 0 Å². The van der Waals surface area contributed by atoms with Crippen molar-refractivity contribution in [1.29, 1.82) is 0 Å². The standard InChI is InChI=1S/C16H23NO3/c1-16(7-3-8-17-16)12-4-5-14(18-2)15(10-12)20-13-6-9-19-11-13/h4-5,10,13,17H,3,6-9,11H2,1-2H3. The van der Waals surface area contributed by atoms with Gasteiger partial charge in [-0.15, -0.1) is 0 Å². The largest absolute Gasteiger partial charge is 0.493 e. The second kappa shape index (κ2) is 5.62. The number of rotatable bonds is 4. The van der Waals surface area contributed by atoms with Crippen LogP contribution in [-0.2, 0) is 10.3 Å². The molecule has 4 heteroatoms. The van der Waals surface area contributed by atoms with Crippen LogP contribution < -0.4 is 14.8 Å². The molecule has 0 bridgehead atoms. The quantitative estimate of drug-likeness (QED) is 0.917. The van der Waals surface area contributed by atoms with Gasteiger partial charge < -0.3 is 19.5 Å². The van der Waals surface area contributed by atoms with Crippen LogP contribution in [0.2, 0.25) is 0 Å². The summed E-state index contributed by atoms with van der Waals surface area (Å²) in [7, 11) is 1.68. The fourth-order valence-corrected chi connectivity index (χ4v) is 3.04. The van der Waals surface area contributed by atoms with Gasteiger partial charge in [0.2, 0.25) is 0 Å². The minimum atomic E-state index is 0.0521. The summed E-state index contributed by atoms with van der Waals surface area (Å²) < 4.78 is 16.9. The van der Waals surface area contributed by atoms with Crippen molar-refractivity contribution in [1.82, 2.24) is 5.32 Å². The normalized spacial score (nSPS) is 29.6. The Balaban J connectivity index is 1.85. The Kier molecular flexibility index (Phi) is 3.85. The van der Waals surface area contributed by atoms with Crippen LogP contribution in [0.3, 0.4) is 0 Å². The minimum Gasteiger partial charge on any atom is -0.493 e. The molecule has 0 spiro atoms. The highest BCUT2D eigenvalue weighted by Gasteiger charge is 2.31. The molecule has 4 nitrogen and oxygen atoms in total. The zero-order valence-electron chi connectivity index (χ0n) is 12.3. The third-order valence-electron chi connectivity index (χ3n) is 4.35. The molecule has 2 unspecified atom stereocenters. The molecule has 3 rings (SSSR count). The summed E-state index contributed by atoms with van der Waals surface area (Å²) in [6.45, 7) is 4.79. The van der Waals surface area contributed by atoms with Gasteiger partial charge in [0, 0.05) is 12.0 Å². The first kappa shape index (κ1) is 13.7. The Morgan fingerprint density at radius 2 is 2.25 bits per heavy atom. The fourth-order valence-electron chi connectivity index (χ4n) is 3.04. The lowest BCUT2D eigenvalue weighted by Gasteiger charge is -2.26. The molecule has 1 N–H and O–H groups in total. The van der Waals surface area contributed by atoms with E-state index in [0.29, 0.717) is 6.61 Å². The van der Waals surface area contributed by atoms with Crippen LogP contribution in [0.25, 0.3) is 0 Å². The van der Waals surface area contributed by atoms with E-state index in [9.17, 15) is 0 Å². The molecule has 2 aliphatic heterocycles. The molecule has 2 saturated heterocycles. The zero-order chi connectivity index (χ0) is 14.0. The van der Waals surface area contributed by atoms with E-state index in [2.05, 4.69) is 24.4 Å². The number of benzene rings is 1. The third kappa shape index (κ3) is 2.63. The Labute approximate surface area is 120 Å². The molecule has 0 radical (unpaired) electrons. The average molecular weight is 277 g/mol. The van der Waals surface area contributed by atoms with E-state index in [1.165, 1.54) is 12.0 Å². The van der Waals surface area contributed by atoms with Crippen molar-refractivity contribution >= 4 is 0 Å². The van der Waals surface area contributed by atoms with Crippen LogP contribution in [-0.4, -0.2) is 33.0 Å². The van der Waals surface area contributed by atoms with Crippen LogP contribution >= 0.6 is 0 Å². The Bertz CT molecular complexity index is 463. The van der Waals surface area contributed by atoms with E-state index in [4.69, 9.17) is 14.2 Å². The highest BCUT2D eigenvalue weighted by Crippen LogP contribution is 2.37. The van der Waals surface area contributed by atoms with Crippen LogP contribution in [0.1, 0.15) is 31.7 Å². The molecule has 2 atom stereocenters. The number of nitrogens with one attached hydrogen (secondary N) is 1. The van der Waals surface area contributed by atoms with Gasteiger partial charge in [-0.3, -0.25) is 0 Å². The number of hydrogen-bond acceptors (Lipinski definition) is 4. The molecule has 0 aromatic heterocycles. The Morgan fingerprint density at radius 1 is 1.35 bits per heavy atom. The maximum atomic E-state index is 6.06. The third-order valence-corrected chi connectivity index (χ3v) is 4.35. The van der Waals surface area contributed by atoms with E-state index in [-0.39, 0.29) is 11.6 Å². The van der Waals surface area contributed by atoms with Crippen molar-refractivity contribution in [2.45, 2.75) is 37.8 Å². The first-order valence-electron chi connectivity index (χ1n) is 7.39. The summed E-state index contributed by atoms with van der Waals surface area (Å²) in [5.74, 6) is 1.62. The minimum absolute atomic E-state index is 0.0521. The van der Waals surface area contributed by atoms with Crippen molar-refractivity contribution in [2.24, 2.45) is 0 Å². The monoisotopic (exact) mass is 277 g/mol. The van der Waals surface area contributed by atoms with Gasteiger partial charge in [-0.05, 0) is 44.0 Å². The molecule has 20 heavy (non-hydrogen) atoms. The van der Waals surface area contributed by atoms with Gasteiger partial charge in [-0.25, -0.2) is 0 Å². The lowest BCUT2D eigenvalue weighted by atomic mass is 9.90.